The van der Waals surface area contributed by atoms with Crippen molar-refractivity contribution < 1.29 is 18.3 Å². The Balaban J connectivity index is 1.47. The molecular weight excluding hydrogens is 504 g/mol. The number of pyridine rings is 2. The molecular formula is C26H18ClF2N5O3. The number of aromatic nitrogens is 4. The number of ketones is 1. The van der Waals surface area contributed by atoms with Gasteiger partial charge in [-0.05, 0) is 48.0 Å². The quantitative estimate of drug-likeness (QED) is 0.320. The number of nitrogens with zero attached hydrogens (tertiary/aromatic N) is 4. The SMILES string of the molecule is Cn1ncc2cc(C(=O)Cc3ccc(Oc4ccnc(N)c4Cl)c(F)c3)c(=O)n(-c3ccc(F)cc3)c21. The summed E-state index contributed by atoms with van der Waals surface area (Å²) < 4.78 is 36.6. The third-order valence-corrected chi connectivity index (χ3v) is 6.11. The summed E-state index contributed by atoms with van der Waals surface area (Å²) in [5.41, 5.74) is 6.08. The smallest absolute Gasteiger partial charge is 0.267 e. The molecule has 0 saturated carbocycles. The lowest BCUT2D eigenvalue weighted by molar-refractivity contribution is 0.0991. The maximum atomic E-state index is 14.8. The van der Waals surface area contributed by atoms with Gasteiger partial charge >= 0.3 is 0 Å². The molecule has 37 heavy (non-hydrogen) atoms. The normalized spacial score (nSPS) is 11.1. The highest BCUT2D eigenvalue weighted by molar-refractivity contribution is 6.34. The molecule has 8 nitrogen and oxygen atoms in total. The van der Waals surface area contributed by atoms with Crippen LogP contribution in [0.3, 0.4) is 0 Å². The Bertz CT molecular complexity index is 1730. The van der Waals surface area contributed by atoms with Crippen LogP contribution in [-0.4, -0.2) is 25.1 Å². The van der Waals surface area contributed by atoms with Gasteiger partial charge in [-0.3, -0.25) is 18.8 Å². The van der Waals surface area contributed by atoms with Crippen LogP contribution in [0.2, 0.25) is 5.02 Å². The summed E-state index contributed by atoms with van der Waals surface area (Å²) in [4.78, 5) is 30.4. The molecule has 3 heterocycles. The number of carbonyl (C=O) groups is 1. The van der Waals surface area contributed by atoms with Crippen molar-refractivity contribution in [3.8, 4) is 17.2 Å². The molecule has 5 aromatic rings. The van der Waals surface area contributed by atoms with Crippen molar-refractivity contribution in [3.63, 3.8) is 0 Å². The van der Waals surface area contributed by atoms with Crippen LogP contribution < -0.4 is 16.0 Å². The first-order valence-corrected chi connectivity index (χ1v) is 11.3. The molecule has 0 spiro atoms. The second kappa shape index (κ2) is 9.47. The van der Waals surface area contributed by atoms with Gasteiger partial charge in [0.05, 0.1) is 17.4 Å². The van der Waals surface area contributed by atoms with Crippen LogP contribution in [0.25, 0.3) is 16.7 Å². The summed E-state index contributed by atoms with van der Waals surface area (Å²) >= 11 is 6.05. The van der Waals surface area contributed by atoms with E-state index in [-0.39, 0.29) is 34.3 Å². The second-order valence-corrected chi connectivity index (χ2v) is 8.58. The number of halogens is 3. The highest BCUT2D eigenvalue weighted by Crippen LogP contribution is 2.33. The fraction of sp³-hybridized carbons (Fsp3) is 0.0769. The molecule has 3 aromatic heterocycles. The minimum absolute atomic E-state index is 0.0404. The minimum atomic E-state index is -0.733. The van der Waals surface area contributed by atoms with Crippen molar-refractivity contribution in [2.75, 3.05) is 5.73 Å². The average molecular weight is 522 g/mol. The topological polar surface area (TPSA) is 105 Å². The average Bonchev–Trinajstić information content (AvgIpc) is 3.24. The molecule has 0 amide bonds. The minimum Gasteiger partial charge on any atom is -0.453 e. The summed E-state index contributed by atoms with van der Waals surface area (Å²) in [6.07, 6.45) is 2.65. The van der Waals surface area contributed by atoms with Crippen LogP contribution in [0.15, 0.2) is 71.8 Å². The Morgan fingerprint density at radius 1 is 1.08 bits per heavy atom. The molecule has 0 aliphatic rings. The second-order valence-electron chi connectivity index (χ2n) is 8.20. The van der Waals surface area contributed by atoms with E-state index in [1.54, 1.807) is 7.05 Å². The number of ether oxygens (including phenoxy) is 1. The lowest BCUT2D eigenvalue weighted by atomic mass is 10.0. The van der Waals surface area contributed by atoms with Gasteiger partial charge in [-0.25, -0.2) is 13.8 Å². The predicted molar refractivity (Wildman–Crippen MR) is 134 cm³/mol. The van der Waals surface area contributed by atoms with Crippen LogP contribution >= 0.6 is 11.6 Å². The Labute approximate surface area is 213 Å². The number of benzene rings is 2. The fourth-order valence-electron chi connectivity index (χ4n) is 3.94. The number of nitrogen functional groups attached to an aromatic ring is 1. The van der Waals surface area contributed by atoms with Gasteiger partial charge in [-0.15, -0.1) is 0 Å². The Morgan fingerprint density at radius 3 is 2.57 bits per heavy atom. The first-order chi connectivity index (χ1) is 17.7. The number of carbonyl (C=O) groups excluding carboxylic acids is 1. The van der Waals surface area contributed by atoms with E-state index < -0.39 is 23.0 Å². The van der Waals surface area contributed by atoms with Crippen LogP contribution in [0.4, 0.5) is 14.6 Å². The third kappa shape index (κ3) is 4.54. The molecule has 0 unspecified atom stereocenters. The van der Waals surface area contributed by atoms with Gasteiger partial charge in [0.2, 0.25) is 0 Å². The summed E-state index contributed by atoms with van der Waals surface area (Å²) in [6.45, 7) is 0. The van der Waals surface area contributed by atoms with Crippen molar-refractivity contribution >= 4 is 34.2 Å². The maximum Gasteiger partial charge on any atom is 0.267 e. The molecule has 2 N–H and O–H groups in total. The number of anilines is 1. The monoisotopic (exact) mass is 521 g/mol. The fourth-order valence-corrected chi connectivity index (χ4v) is 4.09. The van der Waals surface area contributed by atoms with E-state index in [0.717, 1.165) is 6.07 Å². The molecule has 5 rings (SSSR count). The Kier molecular flexibility index (Phi) is 6.18. The summed E-state index contributed by atoms with van der Waals surface area (Å²) in [6, 6.07) is 12.2. The Morgan fingerprint density at radius 2 is 1.84 bits per heavy atom. The van der Waals surface area contributed by atoms with Gasteiger partial charge < -0.3 is 10.5 Å². The van der Waals surface area contributed by atoms with E-state index in [1.165, 1.54) is 70.2 Å². The number of hydrogen-bond donors (Lipinski definition) is 1. The van der Waals surface area contributed by atoms with Crippen molar-refractivity contribution in [1.29, 1.82) is 0 Å². The molecule has 186 valence electrons. The molecule has 0 atom stereocenters. The van der Waals surface area contributed by atoms with Gasteiger partial charge in [0.25, 0.3) is 5.56 Å². The lowest BCUT2D eigenvalue weighted by Gasteiger charge is -2.12. The van der Waals surface area contributed by atoms with Crippen molar-refractivity contribution in [2.45, 2.75) is 6.42 Å². The van der Waals surface area contributed by atoms with Crippen molar-refractivity contribution in [1.82, 2.24) is 19.3 Å². The molecule has 0 saturated heterocycles. The number of fused-ring (bicyclic) bond motifs is 1. The molecule has 0 aliphatic carbocycles. The van der Waals surface area contributed by atoms with E-state index in [9.17, 15) is 18.4 Å². The highest BCUT2D eigenvalue weighted by Gasteiger charge is 2.20. The molecule has 0 radical (unpaired) electrons. The van der Waals surface area contributed by atoms with E-state index >= 15 is 0 Å². The zero-order valence-electron chi connectivity index (χ0n) is 19.3. The van der Waals surface area contributed by atoms with Gasteiger partial charge in [0.15, 0.2) is 23.1 Å². The van der Waals surface area contributed by atoms with Crippen LogP contribution in [-0.2, 0) is 13.5 Å². The maximum absolute atomic E-state index is 14.8. The first kappa shape index (κ1) is 24.1. The predicted octanol–water partition coefficient (Wildman–Crippen LogP) is 4.85. The van der Waals surface area contributed by atoms with Gasteiger partial charge in [-0.2, -0.15) is 5.10 Å². The molecule has 0 fully saturated rings. The van der Waals surface area contributed by atoms with E-state index in [0.29, 0.717) is 22.3 Å². The number of aryl methyl sites for hydroxylation is 1. The first-order valence-electron chi connectivity index (χ1n) is 11.0. The standard InChI is InChI=1S/C26H18ClF2N5O3/c1-33-25-15(13-32-33)12-18(26(36)34(25)17-5-3-16(28)4-6-17)20(35)11-14-2-7-21(19(29)10-14)37-22-8-9-31-24(30)23(22)27/h2-10,12-13H,11H2,1H3,(H2,30,31). The number of rotatable bonds is 6. The van der Waals surface area contributed by atoms with Crippen molar-refractivity contribution in [2.24, 2.45) is 7.05 Å². The van der Waals surface area contributed by atoms with Crippen LogP contribution in [0.5, 0.6) is 11.5 Å². The lowest BCUT2D eigenvalue weighted by Crippen LogP contribution is -2.27. The Hall–Kier alpha value is -4.57. The molecule has 0 bridgehead atoms. The number of hydrogen-bond acceptors (Lipinski definition) is 6. The van der Waals surface area contributed by atoms with Crippen LogP contribution in [0.1, 0.15) is 15.9 Å². The van der Waals surface area contributed by atoms with Crippen molar-refractivity contribution in [3.05, 3.63) is 105 Å². The van der Waals surface area contributed by atoms with Crippen LogP contribution in [0, 0.1) is 11.6 Å². The number of nitrogens with two attached hydrogens (primary N) is 1. The number of Topliss-reactive ketones (excluding diaryl/α,β-unsaturated/α-hetero) is 1. The summed E-state index contributed by atoms with van der Waals surface area (Å²) in [5.74, 6) is -1.68. The largest absolute Gasteiger partial charge is 0.453 e. The summed E-state index contributed by atoms with van der Waals surface area (Å²) in [5, 5.41) is 4.76. The molecule has 2 aromatic carbocycles. The third-order valence-electron chi connectivity index (χ3n) is 5.73. The highest BCUT2D eigenvalue weighted by atomic mass is 35.5. The van der Waals surface area contributed by atoms with E-state index in [4.69, 9.17) is 22.1 Å². The van der Waals surface area contributed by atoms with Gasteiger partial charge in [0.1, 0.15) is 22.3 Å². The molecule has 0 aliphatic heterocycles. The van der Waals surface area contributed by atoms with E-state index in [2.05, 4.69) is 10.1 Å². The van der Waals surface area contributed by atoms with E-state index in [1.807, 2.05) is 0 Å². The van der Waals surface area contributed by atoms with Gasteiger partial charge in [0, 0.05) is 31.1 Å². The zero-order chi connectivity index (χ0) is 26.3. The zero-order valence-corrected chi connectivity index (χ0v) is 20.0. The molecule has 11 heteroatoms. The summed E-state index contributed by atoms with van der Waals surface area (Å²) in [7, 11) is 1.66. The van der Waals surface area contributed by atoms with Gasteiger partial charge in [-0.1, -0.05) is 17.7 Å².